The van der Waals surface area contributed by atoms with Gasteiger partial charge in [0.15, 0.2) is 0 Å². The lowest BCUT2D eigenvalue weighted by atomic mass is 9.95. The van der Waals surface area contributed by atoms with Crippen molar-refractivity contribution in [2.75, 3.05) is 12.0 Å². The zero-order chi connectivity index (χ0) is 20.4. The van der Waals surface area contributed by atoms with E-state index >= 15 is 0 Å². The van der Waals surface area contributed by atoms with Crippen molar-refractivity contribution in [2.24, 2.45) is 4.99 Å². The highest BCUT2D eigenvalue weighted by atomic mass is 35.5. The first-order chi connectivity index (χ1) is 14.1. The number of hydrogen-bond acceptors (Lipinski definition) is 3. The van der Waals surface area contributed by atoms with Crippen molar-refractivity contribution < 1.29 is 9.53 Å². The molecule has 0 bridgehead atoms. The normalized spacial score (nSPS) is 15.9. The Labute approximate surface area is 175 Å². The Morgan fingerprint density at radius 1 is 1.03 bits per heavy atom. The van der Waals surface area contributed by atoms with Crippen LogP contribution < -0.4 is 9.64 Å². The van der Waals surface area contributed by atoms with Crippen LogP contribution in [0.25, 0.3) is 0 Å². The number of aliphatic imine (C=N–C) groups is 1. The minimum atomic E-state index is -0.184. The molecule has 0 spiro atoms. The second kappa shape index (κ2) is 8.10. The van der Waals surface area contributed by atoms with E-state index in [4.69, 9.17) is 21.3 Å². The Kier molecular flexibility index (Phi) is 5.36. The Bertz CT molecular complexity index is 1060. The Morgan fingerprint density at radius 2 is 1.72 bits per heavy atom. The maximum Gasteiger partial charge on any atom is 0.224 e. The van der Waals surface area contributed by atoms with E-state index in [1.807, 2.05) is 77.7 Å². The minimum Gasteiger partial charge on any atom is -0.497 e. The first-order valence-corrected chi connectivity index (χ1v) is 9.81. The zero-order valence-corrected chi connectivity index (χ0v) is 17.1. The number of anilines is 1. The quantitative estimate of drug-likeness (QED) is 0.539. The molecular formula is C24H21ClN2O2. The fourth-order valence-corrected chi connectivity index (χ4v) is 3.83. The van der Waals surface area contributed by atoms with Gasteiger partial charge in [0.05, 0.1) is 30.2 Å². The molecular weight excluding hydrogens is 384 g/mol. The molecule has 3 aromatic rings. The van der Waals surface area contributed by atoms with Crippen LogP contribution in [0.2, 0.25) is 5.02 Å². The van der Waals surface area contributed by atoms with Crippen molar-refractivity contribution in [3.63, 3.8) is 0 Å². The van der Waals surface area contributed by atoms with Gasteiger partial charge in [0.2, 0.25) is 5.91 Å². The predicted molar refractivity (Wildman–Crippen MR) is 118 cm³/mol. The van der Waals surface area contributed by atoms with E-state index < -0.39 is 0 Å². The Morgan fingerprint density at radius 3 is 2.38 bits per heavy atom. The van der Waals surface area contributed by atoms with E-state index in [9.17, 15) is 4.79 Å². The molecule has 0 saturated heterocycles. The van der Waals surface area contributed by atoms with Crippen molar-refractivity contribution in [1.29, 1.82) is 0 Å². The number of amides is 1. The zero-order valence-electron chi connectivity index (χ0n) is 16.3. The van der Waals surface area contributed by atoms with Crippen molar-refractivity contribution in [2.45, 2.75) is 19.4 Å². The maximum absolute atomic E-state index is 12.7. The van der Waals surface area contributed by atoms with Crippen molar-refractivity contribution in [3.8, 4) is 5.75 Å². The molecule has 29 heavy (non-hydrogen) atoms. The average Bonchev–Trinajstić information content (AvgIpc) is 2.91. The number of halogens is 1. The highest BCUT2D eigenvalue weighted by Gasteiger charge is 2.30. The van der Waals surface area contributed by atoms with Gasteiger partial charge in [0.25, 0.3) is 0 Å². The van der Waals surface area contributed by atoms with Gasteiger partial charge in [-0.25, -0.2) is 0 Å². The van der Waals surface area contributed by atoms with E-state index in [0.717, 1.165) is 34.0 Å². The van der Waals surface area contributed by atoms with Gasteiger partial charge >= 0.3 is 0 Å². The van der Waals surface area contributed by atoms with Crippen LogP contribution in [-0.2, 0) is 4.79 Å². The summed E-state index contributed by atoms with van der Waals surface area (Å²) in [7, 11) is 1.64. The summed E-state index contributed by atoms with van der Waals surface area (Å²) < 4.78 is 5.30. The predicted octanol–water partition coefficient (Wildman–Crippen LogP) is 5.97. The summed E-state index contributed by atoms with van der Waals surface area (Å²) in [4.78, 5) is 19.5. The number of nitrogens with zero attached hydrogens (tertiary/aromatic N) is 2. The SMILES string of the molecule is COc1ccc([C@H]2CC(c3ccc(Cl)cc3)=Nc3ccccc3N2C(C)=O)cc1. The highest BCUT2D eigenvalue weighted by molar-refractivity contribution is 6.30. The number of carbonyl (C=O) groups is 1. The van der Waals surface area contributed by atoms with Crippen molar-refractivity contribution in [3.05, 3.63) is 88.9 Å². The molecule has 1 aliphatic heterocycles. The first-order valence-electron chi connectivity index (χ1n) is 9.43. The van der Waals surface area contributed by atoms with Crippen molar-refractivity contribution in [1.82, 2.24) is 0 Å². The molecule has 4 nitrogen and oxygen atoms in total. The van der Waals surface area contributed by atoms with Gasteiger partial charge in [0.1, 0.15) is 5.75 Å². The fourth-order valence-electron chi connectivity index (χ4n) is 3.70. The highest BCUT2D eigenvalue weighted by Crippen LogP contribution is 2.41. The van der Waals surface area contributed by atoms with Crippen LogP contribution in [0.1, 0.15) is 30.5 Å². The Hall–Kier alpha value is -3.11. The number of carbonyl (C=O) groups excluding carboxylic acids is 1. The smallest absolute Gasteiger partial charge is 0.224 e. The van der Waals surface area contributed by atoms with E-state index in [1.54, 1.807) is 14.0 Å². The molecule has 0 N–H and O–H groups in total. The van der Waals surface area contributed by atoms with E-state index in [2.05, 4.69) is 0 Å². The number of ether oxygens (including phenoxy) is 1. The van der Waals surface area contributed by atoms with Crippen LogP contribution in [0.15, 0.2) is 77.8 Å². The molecule has 1 atom stereocenters. The molecule has 0 aliphatic carbocycles. The van der Waals surface area contributed by atoms with Crippen LogP contribution in [0.5, 0.6) is 5.75 Å². The summed E-state index contributed by atoms with van der Waals surface area (Å²) in [5.41, 5.74) is 4.53. The summed E-state index contributed by atoms with van der Waals surface area (Å²) in [5.74, 6) is 0.759. The number of para-hydroxylation sites is 2. The van der Waals surface area contributed by atoms with Gasteiger partial charge in [0, 0.05) is 18.4 Å². The second-order valence-corrected chi connectivity index (χ2v) is 7.37. The van der Waals surface area contributed by atoms with E-state index in [-0.39, 0.29) is 11.9 Å². The number of methoxy groups -OCH3 is 1. The third-order valence-electron chi connectivity index (χ3n) is 5.11. The number of fused-ring (bicyclic) bond motifs is 1. The van der Waals surface area contributed by atoms with Crippen LogP contribution in [0, 0.1) is 0 Å². The van der Waals surface area contributed by atoms with Gasteiger partial charge in [-0.05, 0) is 47.5 Å². The fraction of sp³-hybridized carbons (Fsp3) is 0.167. The number of benzene rings is 3. The molecule has 0 unspecified atom stereocenters. The molecule has 0 aromatic heterocycles. The van der Waals surface area contributed by atoms with Crippen LogP contribution >= 0.6 is 11.6 Å². The topological polar surface area (TPSA) is 41.9 Å². The summed E-state index contributed by atoms with van der Waals surface area (Å²) in [6, 6.07) is 23.1. The number of rotatable bonds is 3. The van der Waals surface area contributed by atoms with Crippen LogP contribution in [-0.4, -0.2) is 18.7 Å². The molecule has 3 aromatic carbocycles. The van der Waals surface area contributed by atoms with Gasteiger partial charge in [-0.15, -0.1) is 0 Å². The third kappa shape index (κ3) is 3.89. The summed E-state index contributed by atoms with van der Waals surface area (Å²) in [6.07, 6.45) is 0.586. The van der Waals surface area contributed by atoms with Crippen molar-refractivity contribution >= 4 is 34.6 Å². The summed E-state index contributed by atoms with van der Waals surface area (Å²) >= 11 is 6.08. The van der Waals surface area contributed by atoms with Gasteiger partial charge in [-0.2, -0.15) is 0 Å². The van der Waals surface area contributed by atoms with E-state index in [0.29, 0.717) is 11.4 Å². The third-order valence-corrected chi connectivity index (χ3v) is 5.36. The molecule has 146 valence electrons. The lowest BCUT2D eigenvalue weighted by molar-refractivity contribution is -0.117. The molecule has 0 radical (unpaired) electrons. The summed E-state index contributed by atoms with van der Waals surface area (Å²) in [5, 5.41) is 0.681. The lowest BCUT2D eigenvalue weighted by Crippen LogP contribution is -2.33. The largest absolute Gasteiger partial charge is 0.497 e. The average molecular weight is 405 g/mol. The van der Waals surface area contributed by atoms with E-state index in [1.165, 1.54) is 0 Å². The second-order valence-electron chi connectivity index (χ2n) is 6.94. The van der Waals surface area contributed by atoms with Crippen LogP contribution in [0.3, 0.4) is 0 Å². The molecule has 1 heterocycles. The van der Waals surface area contributed by atoms with Gasteiger partial charge in [-0.3, -0.25) is 9.79 Å². The molecule has 1 aliphatic rings. The number of hydrogen-bond donors (Lipinski definition) is 0. The molecule has 5 heteroatoms. The molecule has 0 fully saturated rings. The first kappa shape index (κ1) is 19.2. The van der Waals surface area contributed by atoms with Gasteiger partial charge in [-0.1, -0.05) is 48.0 Å². The standard InChI is InChI=1S/C24H21ClN2O2/c1-16(28)27-23-6-4-3-5-21(23)26-22(17-7-11-19(25)12-8-17)15-24(27)18-9-13-20(29-2)14-10-18/h3-14,24H,15H2,1-2H3/t24-/m1/s1. The lowest BCUT2D eigenvalue weighted by Gasteiger charge is -2.30. The van der Waals surface area contributed by atoms with Gasteiger partial charge < -0.3 is 9.64 Å². The maximum atomic E-state index is 12.7. The monoisotopic (exact) mass is 404 g/mol. The molecule has 1 amide bonds. The Balaban J connectivity index is 1.87. The molecule has 0 saturated carbocycles. The van der Waals surface area contributed by atoms with Crippen LogP contribution in [0.4, 0.5) is 11.4 Å². The molecule has 4 rings (SSSR count). The summed E-state index contributed by atoms with van der Waals surface area (Å²) in [6.45, 7) is 1.60. The minimum absolute atomic E-state index is 0.0224.